The van der Waals surface area contributed by atoms with E-state index in [1.165, 1.54) is 10.4 Å². The largest absolute Gasteiger partial charge is 0.454 e. The molecule has 0 unspecified atom stereocenters. The summed E-state index contributed by atoms with van der Waals surface area (Å²) in [5.74, 6) is 1.34. The van der Waals surface area contributed by atoms with E-state index in [4.69, 9.17) is 9.47 Å². The Morgan fingerprint density at radius 3 is 2.69 bits per heavy atom. The number of thiophene rings is 1. The summed E-state index contributed by atoms with van der Waals surface area (Å²) in [6, 6.07) is 7.45. The number of ether oxygens (including phenoxy) is 2. The first-order chi connectivity index (χ1) is 14.0. The predicted molar refractivity (Wildman–Crippen MR) is 113 cm³/mol. The van der Waals surface area contributed by atoms with Crippen molar-refractivity contribution in [3.63, 3.8) is 0 Å². The number of aryl methyl sites for hydroxylation is 2. The highest BCUT2D eigenvalue weighted by Crippen LogP contribution is 2.34. The minimum Gasteiger partial charge on any atom is -0.454 e. The molecular formula is C22H26N2O4S. The van der Waals surface area contributed by atoms with Gasteiger partial charge in [0, 0.05) is 35.6 Å². The van der Waals surface area contributed by atoms with E-state index in [0.29, 0.717) is 43.1 Å². The van der Waals surface area contributed by atoms with Gasteiger partial charge in [-0.2, -0.15) is 0 Å². The van der Waals surface area contributed by atoms with Crippen LogP contribution in [0.1, 0.15) is 46.3 Å². The molecule has 3 heterocycles. The summed E-state index contributed by atoms with van der Waals surface area (Å²) in [4.78, 5) is 29.4. The number of hydrogen-bond donors (Lipinski definition) is 1. The Hall–Kier alpha value is -2.54. The second-order valence-corrected chi connectivity index (χ2v) is 8.82. The second-order valence-electron chi connectivity index (χ2n) is 7.57. The highest BCUT2D eigenvalue weighted by Gasteiger charge is 2.29. The van der Waals surface area contributed by atoms with Gasteiger partial charge in [0.05, 0.1) is 4.88 Å². The van der Waals surface area contributed by atoms with Gasteiger partial charge in [0.2, 0.25) is 12.7 Å². The molecule has 0 saturated carbocycles. The summed E-state index contributed by atoms with van der Waals surface area (Å²) in [5, 5.41) is 2.97. The number of nitrogens with zero attached hydrogens (tertiary/aromatic N) is 1. The lowest BCUT2D eigenvalue weighted by Gasteiger charge is -2.31. The number of likely N-dealkylation sites (tertiary alicyclic amines) is 1. The normalized spacial score (nSPS) is 16.1. The number of carbonyl (C=O) groups excluding carboxylic acids is 2. The topological polar surface area (TPSA) is 67.9 Å². The Morgan fingerprint density at radius 1 is 1.17 bits per heavy atom. The van der Waals surface area contributed by atoms with Crippen LogP contribution < -0.4 is 14.8 Å². The first-order valence-corrected chi connectivity index (χ1v) is 11.0. The highest BCUT2D eigenvalue weighted by atomic mass is 32.1. The molecular weight excluding hydrogens is 388 g/mol. The first kappa shape index (κ1) is 19.8. The van der Waals surface area contributed by atoms with Crippen LogP contribution in [0.5, 0.6) is 11.5 Å². The molecule has 4 rings (SSSR count). The van der Waals surface area contributed by atoms with E-state index in [1.54, 1.807) is 23.5 Å². The third-order valence-corrected chi connectivity index (χ3v) is 6.62. The number of amides is 2. The van der Waals surface area contributed by atoms with Crippen molar-refractivity contribution in [1.29, 1.82) is 0 Å². The smallest absolute Gasteiger partial charge is 0.263 e. The van der Waals surface area contributed by atoms with E-state index in [1.807, 2.05) is 17.0 Å². The van der Waals surface area contributed by atoms with Gasteiger partial charge < -0.3 is 19.7 Å². The molecule has 29 heavy (non-hydrogen) atoms. The van der Waals surface area contributed by atoms with Crippen molar-refractivity contribution < 1.29 is 19.1 Å². The highest BCUT2D eigenvalue weighted by molar-refractivity contribution is 7.14. The van der Waals surface area contributed by atoms with Gasteiger partial charge in [0.25, 0.3) is 5.91 Å². The number of anilines is 1. The molecule has 7 heteroatoms. The van der Waals surface area contributed by atoms with Gasteiger partial charge in [-0.05, 0) is 49.9 Å². The molecule has 0 spiro atoms. The summed E-state index contributed by atoms with van der Waals surface area (Å²) in [6.07, 6.45) is 3.44. The van der Waals surface area contributed by atoms with E-state index in [-0.39, 0.29) is 24.5 Å². The fourth-order valence-electron chi connectivity index (χ4n) is 3.86. The number of nitrogens with one attached hydrogen (secondary N) is 1. The Labute approximate surface area is 174 Å². The van der Waals surface area contributed by atoms with E-state index >= 15 is 0 Å². The van der Waals surface area contributed by atoms with Crippen molar-refractivity contribution in [2.75, 3.05) is 25.2 Å². The number of benzene rings is 1. The first-order valence-electron chi connectivity index (χ1n) is 10.1. The maximum atomic E-state index is 12.9. The van der Waals surface area contributed by atoms with Gasteiger partial charge in [-0.25, -0.2) is 0 Å². The number of rotatable bonds is 5. The standard InChI is InChI=1S/C22H26N2O4S/c1-3-4-16-11-20(29-14(16)2)22(26)24-9-7-15(8-10-24)21(25)23-17-5-6-18-19(12-17)28-13-27-18/h5-6,11-12,15H,3-4,7-10,13H2,1-2H3,(H,23,25). The fraction of sp³-hybridized carbons (Fsp3) is 0.455. The fourth-order valence-corrected chi connectivity index (χ4v) is 4.90. The Kier molecular flexibility index (Phi) is 5.76. The zero-order valence-electron chi connectivity index (χ0n) is 16.8. The SMILES string of the molecule is CCCc1cc(C(=O)N2CCC(C(=O)Nc3ccc4c(c3)OCO4)CC2)sc1C. The molecule has 0 radical (unpaired) electrons. The molecule has 154 valence electrons. The molecule has 6 nitrogen and oxygen atoms in total. The summed E-state index contributed by atoms with van der Waals surface area (Å²) in [5.41, 5.74) is 1.98. The monoisotopic (exact) mass is 414 g/mol. The van der Waals surface area contributed by atoms with Crippen LogP contribution >= 0.6 is 11.3 Å². The average Bonchev–Trinajstić information content (AvgIpc) is 3.34. The van der Waals surface area contributed by atoms with Gasteiger partial charge in [-0.15, -0.1) is 11.3 Å². The molecule has 1 aromatic carbocycles. The Bertz CT molecular complexity index is 916. The maximum absolute atomic E-state index is 12.9. The molecule has 1 saturated heterocycles. The van der Waals surface area contributed by atoms with Crippen molar-refractivity contribution in [1.82, 2.24) is 4.90 Å². The number of carbonyl (C=O) groups is 2. The molecule has 2 aromatic rings. The van der Waals surface area contributed by atoms with Gasteiger partial charge in [0.1, 0.15) is 0 Å². The molecule has 2 aliphatic rings. The molecule has 0 aliphatic carbocycles. The van der Waals surface area contributed by atoms with E-state index in [0.717, 1.165) is 17.7 Å². The van der Waals surface area contributed by atoms with Gasteiger partial charge in [-0.3, -0.25) is 9.59 Å². The van der Waals surface area contributed by atoms with Crippen molar-refractivity contribution in [3.05, 3.63) is 39.6 Å². The lowest BCUT2D eigenvalue weighted by molar-refractivity contribution is -0.121. The van der Waals surface area contributed by atoms with Crippen LogP contribution in [0.25, 0.3) is 0 Å². The van der Waals surface area contributed by atoms with Crippen LogP contribution in [0.4, 0.5) is 5.69 Å². The molecule has 2 amide bonds. The molecule has 0 bridgehead atoms. The van der Waals surface area contributed by atoms with Crippen LogP contribution in [0.15, 0.2) is 24.3 Å². The van der Waals surface area contributed by atoms with Crippen LogP contribution in [0, 0.1) is 12.8 Å². The molecule has 1 N–H and O–H groups in total. The number of fused-ring (bicyclic) bond motifs is 1. The third-order valence-electron chi connectivity index (χ3n) is 5.54. The summed E-state index contributed by atoms with van der Waals surface area (Å²) in [7, 11) is 0. The second kappa shape index (κ2) is 8.45. The third kappa shape index (κ3) is 4.24. The molecule has 1 aromatic heterocycles. The van der Waals surface area contributed by atoms with Gasteiger partial charge >= 0.3 is 0 Å². The van der Waals surface area contributed by atoms with Crippen molar-refractivity contribution >= 4 is 28.8 Å². The average molecular weight is 415 g/mol. The van der Waals surface area contributed by atoms with E-state index in [2.05, 4.69) is 19.2 Å². The van der Waals surface area contributed by atoms with Crippen molar-refractivity contribution in [2.45, 2.75) is 39.5 Å². The van der Waals surface area contributed by atoms with Crippen molar-refractivity contribution in [2.24, 2.45) is 5.92 Å². The van der Waals surface area contributed by atoms with Crippen LogP contribution in [0.2, 0.25) is 0 Å². The predicted octanol–water partition coefficient (Wildman–Crippen LogP) is 4.23. The Morgan fingerprint density at radius 2 is 1.93 bits per heavy atom. The number of hydrogen-bond acceptors (Lipinski definition) is 5. The maximum Gasteiger partial charge on any atom is 0.263 e. The zero-order valence-corrected chi connectivity index (χ0v) is 17.6. The minimum absolute atomic E-state index is 0.00633. The Balaban J connectivity index is 1.32. The zero-order chi connectivity index (χ0) is 20.4. The van der Waals surface area contributed by atoms with Crippen LogP contribution in [-0.2, 0) is 11.2 Å². The molecule has 1 fully saturated rings. The molecule has 2 aliphatic heterocycles. The lowest BCUT2D eigenvalue weighted by Crippen LogP contribution is -2.41. The summed E-state index contributed by atoms with van der Waals surface area (Å²) >= 11 is 1.58. The molecule has 0 atom stereocenters. The van der Waals surface area contributed by atoms with E-state index in [9.17, 15) is 9.59 Å². The van der Waals surface area contributed by atoms with Gasteiger partial charge in [-0.1, -0.05) is 13.3 Å². The van der Waals surface area contributed by atoms with Crippen LogP contribution in [-0.4, -0.2) is 36.6 Å². The van der Waals surface area contributed by atoms with Crippen molar-refractivity contribution in [3.8, 4) is 11.5 Å². The lowest BCUT2D eigenvalue weighted by atomic mass is 9.95. The van der Waals surface area contributed by atoms with E-state index < -0.39 is 0 Å². The summed E-state index contributed by atoms with van der Waals surface area (Å²) in [6.45, 7) is 5.66. The van der Waals surface area contributed by atoms with Gasteiger partial charge in [0.15, 0.2) is 11.5 Å². The quantitative estimate of drug-likeness (QED) is 0.795. The summed E-state index contributed by atoms with van der Waals surface area (Å²) < 4.78 is 10.7. The van der Waals surface area contributed by atoms with Crippen LogP contribution in [0.3, 0.4) is 0 Å². The minimum atomic E-state index is -0.0924. The number of piperidine rings is 1.